The molecule has 0 spiro atoms. The van der Waals surface area contributed by atoms with Gasteiger partial charge >= 0.3 is 0 Å². The van der Waals surface area contributed by atoms with Crippen LogP contribution in [0.1, 0.15) is 30.0 Å². The van der Waals surface area contributed by atoms with Gasteiger partial charge in [0.2, 0.25) is 0 Å². The maximum Gasteiger partial charge on any atom is 0.0512 e. The predicted molar refractivity (Wildman–Crippen MR) is 61.7 cm³/mol. The van der Waals surface area contributed by atoms with Crippen molar-refractivity contribution in [2.45, 2.75) is 25.8 Å². The highest BCUT2D eigenvalue weighted by Gasteiger charge is 2.22. The van der Waals surface area contributed by atoms with Crippen molar-refractivity contribution in [2.75, 3.05) is 13.2 Å². The van der Waals surface area contributed by atoms with Gasteiger partial charge < -0.3 is 10.5 Å². The Bertz CT molecular complexity index is 301. The maximum atomic E-state index is 6.24. The molecule has 2 atom stereocenters. The van der Waals surface area contributed by atoms with Gasteiger partial charge in [0.25, 0.3) is 0 Å². The van der Waals surface area contributed by atoms with Gasteiger partial charge in [0.1, 0.15) is 0 Å². The van der Waals surface area contributed by atoms with E-state index in [2.05, 4.69) is 31.2 Å². The van der Waals surface area contributed by atoms with E-state index >= 15 is 0 Å². The molecule has 15 heavy (non-hydrogen) atoms. The fourth-order valence-corrected chi connectivity index (χ4v) is 2.11. The lowest BCUT2D eigenvalue weighted by Crippen LogP contribution is -2.28. The second kappa shape index (κ2) is 4.77. The molecular formula is C13H19NO. The third-order valence-electron chi connectivity index (χ3n) is 3.17. The van der Waals surface area contributed by atoms with Crippen LogP contribution in [-0.4, -0.2) is 13.2 Å². The summed E-state index contributed by atoms with van der Waals surface area (Å²) in [5, 5.41) is 0. The molecule has 1 aliphatic rings. The van der Waals surface area contributed by atoms with E-state index < -0.39 is 0 Å². The first-order valence-electron chi connectivity index (χ1n) is 5.67. The van der Waals surface area contributed by atoms with Crippen LogP contribution in [0.3, 0.4) is 0 Å². The highest BCUT2D eigenvalue weighted by molar-refractivity contribution is 5.24. The van der Waals surface area contributed by atoms with E-state index in [0.29, 0.717) is 5.92 Å². The van der Waals surface area contributed by atoms with Crippen LogP contribution in [-0.2, 0) is 4.74 Å². The molecule has 0 aromatic heterocycles. The highest BCUT2D eigenvalue weighted by Crippen LogP contribution is 2.26. The first-order chi connectivity index (χ1) is 7.27. The maximum absolute atomic E-state index is 6.24. The molecule has 82 valence electrons. The van der Waals surface area contributed by atoms with Gasteiger partial charge in [-0.15, -0.1) is 0 Å². The van der Waals surface area contributed by atoms with Gasteiger partial charge in [-0.3, -0.25) is 0 Å². The van der Waals surface area contributed by atoms with Gasteiger partial charge in [-0.2, -0.15) is 0 Å². The molecule has 2 heteroatoms. The minimum Gasteiger partial charge on any atom is -0.381 e. The lowest BCUT2D eigenvalue weighted by atomic mass is 9.89. The number of nitrogens with two attached hydrogens (primary N) is 1. The molecule has 1 heterocycles. The summed E-state index contributed by atoms with van der Waals surface area (Å²) in [6, 6.07) is 8.65. The van der Waals surface area contributed by atoms with Crippen LogP contribution < -0.4 is 5.73 Å². The Labute approximate surface area is 91.4 Å². The minimum atomic E-state index is 0.130. The Morgan fingerprint density at radius 1 is 1.33 bits per heavy atom. The van der Waals surface area contributed by atoms with Crippen LogP contribution in [0, 0.1) is 12.8 Å². The van der Waals surface area contributed by atoms with Crippen molar-refractivity contribution in [3.8, 4) is 0 Å². The normalized spacial score (nSPS) is 23.7. The zero-order chi connectivity index (χ0) is 10.7. The summed E-state index contributed by atoms with van der Waals surface area (Å²) in [6.45, 7) is 3.81. The monoisotopic (exact) mass is 205 g/mol. The largest absolute Gasteiger partial charge is 0.381 e. The molecule has 2 rings (SSSR count). The van der Waals surface area contributed by atoms with Gasteiger partial charge in [-0.25, -0.2) is 0 Å². The van der Waals surface area contributed by atoms with E-state index in [1.807, 2.05) is 0 Å². The molecule has 1 fully saturated rings. The lowest BCUT2D eigenvalue weighted by molar-refractivity contribution is 0.0448. The third kappa shape index (κ3) is 2.58. The van der Waals surface area contributed by atoms with Crippen molar-refractivity contribution >= 4 is 0 Å². The fourth-order valence-electron chi connectivity index (χ4n) is 2.11. The molecule has 0 saturated carbocycles. The SMILES string of the molecule is Cc1ccc(C(N)C2CCCOC2)cc1. The second-order valence-electron chi connectivity index (χ2n) is 4.41. The van der Waals surface area contributed by atoms with Crippen molar-refractivity contribution in [3.63, 3.8) is 0 Å². The Morgan fingerprint density at radius 3 is 2.67 bits per heavy atom. The van der Waals surface area contributed by atoms with E-state index in [-0.39, 0.29) is 6.04 Å². The Kier molecular flexibility index (Phi) is 3.39. The molecule has 0 radical (unpaired) electrons. The number of hydrogen-bond donors (Lipinski definition) is 1. The average Bonchev–Trinajstić information content (AvgIpc) is 2.30. The first kappa shape index (κ1) is 10.7. The Hall–Kier alpha value is -0.860. The highest BCUT2D eigenvalue weighted by atomic mass is 16.5. The van der Waals surface area contributed by atoms with Crippen molar-refractivity contribution in [3.05, 3.63) is 35.4 Å². The van der Waals surface area contributed by atoms with Gasteiger partial charge in [0.05, 0.1) is 6.61 Å². The molecular weight excluding hydrogens is 186 g/mol. The fraction of sp³-hybridized carbons (Fsp3) is 0.538. The molecule has 0 bridgehead atoms. The van der Waals surface area contributed by atoms with Crippen LogP contribution in [0.15, 0.2) is 24.3 Å². The topological polar surface area (TPSA) is 35.2 Å². The van der Waals surface area contributed by atoms with Gasteiger partial charge in [-0.05, 0) is 25.3 Å². The molecule has 0 aliphatic carbocycles. The molecule has 1 aliphatic heterocycles. The summed E-state index contributed by atoms with van der Waals surface area (Å²) >= 11 is 0. The van der Waals surface area contributed by atoms with Crippen LogP contribution in [0.2, 0.25) is 0 Å². The summed E-state index contributed by atoms with van der Waals surface area (Å²) in [7, 11) is 0. The Balaban J connectivity index is 2.05. The van der Waals surface area contributed by atoms with E-state index in [9.17, 15) is 0 Å². The van der Waals surface area contributed by atoms with Gasteiger partial charge in [0, 0.05) is 18.6 Å². The average molecular weight is 205 g/mol. The standard InChI is InChI=1S/C13H19NO/c1-10-4-6-11(7-5-10)13(14)12-3-2-8-15-9-12/h4-7,12-13H,2-3,8-9,14H2,1H3. The van der Waals surface area contributed by atoms with E-state index in [4.69, 9.17) is 10.5 Å². The number of hydrogen-bond acceptors (Lipinski definition) is 2. The van der Waals surface area contributed by atoms with Gasteiger partial charge in [-0.1, -0.05) is 29.8 Å². The number of benzene rings is 1. The predicted octanol–water partition coefficient (Wildman–Crippen LogP) is 2.42. The first-order valence-corrected chi connectivity index (χ1v) is 5.67. The number of aryl methyl sites for hydroxylation is 1. The van der Waals surface area contributed by atoms with Gasteiger partial charge in [0.15, 0.2) is 0 Å². The number of rotatable bonds is 2. The van der Waals surface area contributed by atoms with E-state index in [1.54, 1.807) is 0 Å². The summed E-state index contributed by atoms with van der Waals surface area (Å²) < 4.78 is 5.47. The lowest BCUT2D eigenvalue weighted by Gasteiger charge is -2.27. The minimum absolute atomic E-state index is 0.130. The zero-order valence-corrected chi connectivity index (χ0v) is 9.28. The number of ether oxygens (including phenoxy) is 1. The van der Waals surface area contributed by atoms with Crippen molar-refractivity contribution < 1.29 is 4.74 Å². The van der Waals surface area contributed by atoms with Crippen LogP contribution in [0.25, 0.3) is 0 Å². The van der Waals surface area contributed by atoms with E-state index in [0.717, 1.165) is 19.6 Å². The molecule has 1 saturated heterocycles. The zero-order valence-electron chi connectivity index (χ0n) is 9.28. The van der Waals surface area contributed by atoms with Crippen LogP contribution in [0.4, 0.5) is 0 Å². The molecule has 1 aromatic rings. The summed E-state index contributed by atoms with van der Waals surface area (Å²) in [5.41, 5.74) is 8.76. The van der Waals surface area contributed by atoms with Crippen molar-refractivity contribution in [2.24, 2.45) is 11.7 Å². The smallest absolute Gasteiger partial charge is 0.0512 e. The summed E-state index contributed by atoms with van der Waals surface area (Å²) in [4.78, 5) is 0. The van der Waals surface area contributed by atoms with E-state index in [1.165, 1.54) is 17.5 Å². The van der Waals surface area contributed by atoms with Crippen molar-refractivity contribution in [1.29, 1.82) is 0 Å². The molecule has 1 aromatic carbocycles. The molecule has 2 unspecified atom stereocenters. The summed E-state index contributed by atoms with van der Waals surface area (Å²) in [5.74, 6) is 0.487. The Morgan fingerprint density at radius 2 is 2.07 bits per heavy atom. The molecule has 2 N–H and O–H groups in total. The third-order valence-corrected chi connectivity index (χ3v) is 3.17. The molecule has 2 nitrogen and oxygen atoms in total. The quantitative estimate of drug-likeness (QED) is 0.804. The van der Waals surface area contributed by atoms with Crippen molar-refractivity contribution in [1.82, 2.24) is 0 Å². The second-order valence-corrected chi connectivity index (χ2v) is 4.41. The van der Waals surface area contributed by atoms with Crippen LogP contribution in [0.5, 0.6) is 0 Å². The molecule has 0 amide bonds. The summed E-state index contributed by atoms with van der Waals surface area (Å²) in [6.07, 6.45) is 2.33. The van der Waals surface area contributed by atoms with Crippen LogP contribution >= 0.6 is 0 Å².